The molecule has 96 valence electrons. The molecule has 1 atom stereocenters. The van der Waals surface area contributed by atoms with E-state index in [-0.39, 0.29) is 11.6 Å². The molecular weight excluding hydrogens is 218 g/mol. The summed E-state index contributed by atoms with van der Waals surface area (Å²) >= 11 is 0. The second-order valence-electron chi connectivity index (χ2n) is 4.60. The summed E-state index contributed by atoms with van der Waals surface area (Å²) < 4.78 is 11.2. The minimum Gasteiger partial charge on any atom is -0.367 e. The van der Waals surface area contributed by atoms with Gasteiger partial charge in [0.1, 0.15) is 5.60 Å². The van der Waals surface area contributed by atoms with Crippen LogP contribution in [0.25, 0.3) is 0 Å². The predicted molar refractivity (Wildman–Crippen MR) is 63.5 cm³/mol. The predicted octanol–water partition coefficient (Wildman–Crippen LogP) is 2.16. The Bertz CT molecular complexity index is 358. The zero-order valence-electron chi connectivity index (χ0n) is 10.8. The molecular formula is C12H21N3O2. The van der Waals surface area contributed by atoms with Gasteiger partial charge in [-0.05, 0) is 46.6 Å². The molecule has 5 nitrogen and oxygen atoms in total. The number of hydrogen-bond donors (Lipinski definition) is 1. The molecule has 0 aromatic carbocycles. The van der Waals surface area contributed by atoms with Crippen LogP contribution in [0.15, 0.2) is 4.52 Å². The van der Waals surface area contributed by atoms with E-state index in [2.05, 4.69) is 15.5 Å². The molecule has 0 bridgehead atoms. The fraction of sp³-hybridized carbons (Fsp3) is 0.833. The molecule has 0 spiro atoms. The van der Waals surface area contributed by atoms with Crippen molar-refractivity contribution in [3.05, 3.63) is 11.7 Å². The van der Waals surface area contributed by atoms with Crippen molar-refractivity contribution in [2.75, 3.05) is 13.7 Å². The molecule has 1 aromatic heterocycles. The van der Waals surface area contributed by atoms with Gasteiger partial charge >= 0.3 is 0 Å². The number of nitrogens with one attached hydrogen (secondary N) is 1. The van der Waals surface area contributed by atoms with E-state index in [0.29, 0.717) is 18.3 Å². The normalized spacial score (nSPS) is 20.6. The first kappa shape index (κ1) is 12.5. The third-order valence-corrected chi connectivity index (χ3v) is 3.48. The van der Waals surface area contributed by atoms with Crippen LogP contribution in [0, 0.1) is 0 Å². The maximum Gasteiger partial charge on any atom is 0.243 e. The number of hydrogen-bond acceptors (Lipinski definition) is 5. The van der Waals surface area contributed by atoms with Crippen molar-refractivity contribution in [2.45, 2.75) is 51.2 Å². The van der Waals surface area contributed by atoms with E-state index in [1.807, 2.05) is 20.9 Å². The van der Waals surface area contributed by atoms with Crippen molar-refractivity contribution in [3.8, 4) is 0 Å². The average Bonchev–Trinajstić information content (AvgIpc) is 2.97. The van der Waals surface area contributed by atoms with E-state index < -0.39 is 0 Å². The quantitative estimate of drug-likeness (QED) is 0.853. The first-order valence-electron chi connectivity index (χ1n) is 6.37. The number of nitrogens with zero attached hydrogens (tertiary/aromatic N) is 2. The molecule has 5 heteroatoms. The van der Waals surface area contributed by atoms with Crippen LogP contribution in [-0.2, 0) is 10.3 Å². The van der Waals surface area contributed by atoms with Gasteiger partial charge in [0.25, 0.3) is 0 Å². The first-order valence-corrected chi connectivity index (χ1v) is 6.37. The smallest absolute Gasteiger partial charge is 0.243 e. The molecule has 1 aromatic rings. The van der Waals surface area contributed by atoms with Gasteiger partial charge in [-0.25, -0.2) is 0 Å². The van der Waals surface area contributed by atoms with Gasteiger partial charge in [0.05, 0.1) is 6.04 Å². The monoisotopic (exact) mass is 239 g/mol. The highest BCUT2D eigenvalue weighted by Crippen LogP contribution is 2.40. The Morgan fingerprint density at radius 2 is 2.18 bits per heavy atom. The Hall–Kier alpha value is -0.940. The summed E-state index contributed by atoms with van der Waals surface area (Å²) in [5.74, 6) is 1.35. The topological polar surface area (TPSA) is 60.2 Å². The number of aromatic nitrogens is 2. The van der Waals surface area contributed by atoms with Crippen LogP contribution in [0.5, 0.6) is 0 Å². The van der Waals surface area contributed by atoms with Crippen molar-refractivity contribution in [1.82, 2.24) is 15.5 Å². The van der Waals surface area contributed by atoms with E-state index >= 15 is 0 Å². The SMILES string of the molecule is CCOC1(c2noc(C(C)NC)n2)CCCC1. The second-order valence-corrected chi connectivity index (χ2v) is 4.60. The van der Waals surface area contributed by atoms with Gasteiger partial charge in [-0.2, -0.15) is 4.98 Å². The first-order chi connectivity index (χ1) is 8.22. The lowest BCUT2D eigenvalue weighted by Gasteiger charge is -2.24. The standard InChI is InChI=1S/C12H21N3O2/c1-4-16-12(7-5-6-8-12)11-14-10(17-15-11)9(2)13-3/h9,13H,4-8H2,1-3H3. The molecule has 1 fully saturated rings. The molecule has 1 heterocycles. The molecule has 1 saturated carbocycles. The molecule has 0 saturated heterocycles. The van der Waals surface area contributed by atoms with Crippen LogP contribution in [0.2, 0.25) is 0 Å². The number of ether oxygens (including phenoxy) is 1. The van der Waals surface area contributed by atoms with Crippen molar-refractivity contribution < 1.29 is 9.26 Å². The van der Waals surface area contributed by atoms with E-state index in [9.17, 15) is 0 Å². The highest BCUT2D eigenvalue weighted by atomic mass is 16.5. The van der Waals surface area contributed by atoms with Gasteiger partial charge < -0.3 is 14.6 Å². The lowest BCUT2D eigenvalue weighted by Crippen LogP contribution is -2.28. The number of rotatable bonds is 5. The summed E-state index contributed by atoms with van der Waals surface area (Å²) in [6.07, 6.45) is 4.33. The maximum absolute atomic E-state index is 5.90. The highest BCUT2D eigenvalue weighted by molar-refractivity contribution is 5.05. The Kier molecular flexibility index (Phi) is 3.79. The summed E-state index contributed by atoms with van der Waals surface area (Å²) in [4.78, 5) is 4.49. The van der Waals surface area contributed by atoms with Crippen LogP contribution < -0.4 is 5.32 Å². The Morgan fingerprint density at radius 3 is 2.76 bits per heavy atom. The highest BCUT2D eigenvalue weighted by Gasteiger charge is 2.41. The lowest BCUT2D eigenvalue weighted by atomic mass is 10.0. The molecule has 1 aliphatic rings. The Balaban J connectivity index is 2.22. The maximum atomic E-state index is 5.90. The third-order valence-electron chi connectivity index (χ3n) is 3.48. The van der Waals surface area contributed by atoms with E-state index in [4.69, 9.17) is 9.26 Å². The summed E-state index contributed by atoms with van der Waals surface area (Å²) in [5.41, 5.74) is -0.302. The van der Waals surface area contributed by atoms with Crippen LogP contribution in [-0.4, -0.2) is 23.8 Å². The van der Waals surface area contributed by atoms with Gasteiger partial charge in [-0.3, -0.25) is 0 Å². The lowest BCUT2D eigenvalue weighted by molar-refractivity contribution is -0.0469. The third kappa shape index (κ3) is 2.35. The van der Waals surface area contributed by atoms with Crippen LogP contribution in [0.3, 0.4) is 0 Å². The summed E-state index contributed by atoms with van der Waals surface area (Å²) in [6, 6.07) is 0.0799. The molecule has 0 radical (unpaired) electrons. The molecule has 1 aliphatic carbocycles. The van der Waals surface area contributed by atoms with Crippen molar-refractivity contribution in [3.63, 3.8) is 0 Å². The zero-order chi connectivity index (χ0) is 12.3. The minimum atomic E-state index is -0.302. The van der Waals surface area contributed by atoms with Gasteiger partial charge in [0.15, 0.2) is 0 Å². The van der Waals surface area contributed by atoms with Crippen LogP contribution in [0.1, 0.15) is 57.3 Å². The molecule has 0 aliphatic heterocycles. The van der Waals surface area contributed by atoms with Crippen molar-refractivity contribution in [1.29, 1.82) is 0 Å². The van der Waals surface area contributed by atoms with Gasteiger partial charge in [0.2, 0.25) is 11.7 Å². The zero-order valence-corrected chi connectivity index (χ0v) is 10.8. The van der Waals surface area contributed by atoms with Gasteiger partial charge in [0, 0.05) is 6.61 Å². The molecule has 0 amide bonds. The molecule has 2 rings (SSSR count). The van der Waals surface area contributed by atoms with E-state index in [0.717, 1.165) is 12.8 Å². The molecule has 1 unspecified atom stereocenters. The fourth-order valence-electron chi connectivity index (χ4n) is 2.37. The van der Waals surface area contributed by atoms with Crippen LogP contribution in [0.4, 0.5) is 0 Å². The molecule has 1 N–H and O–H groups in total. The Morgan fingerprint density at radius 1 is 1.47 bits per heavy atom. The second kappa shape index (κ2) is 5.14. The fourth-order valence-corrected chi connectivity index (χ4v) is 2.37. The van der Waals surface area contributed by atoms with Crippen LogP contribution >= 0.6 is 0 Å². The van der Waals surface area contributed by atoms with E-state index in [1.54, 1.807) is 0 Å². The van der Waals surface area contributed by atoms with Gasteiger partial charge in [-0.1, -0.05) is 5.16 Å². The van der Waals surface area contributed by atoms with E-state index in [1.165, 1.54) is 12.8 Å². The average molecular weight is 239 g/mol. The Labute approximate surface area is 102 Å². The summed E-state index contributed by atoms with van der Waals surface area (Å²) in [5, 5.41) is 7.20. The summed E-state index contributed by atoms with van der Waals surface area (Å²) in [6.45, 7) is 4.70. The van der Waals surface area contributed by atoms with Crippen molar-refractivity contribution in [2.24, 2.45) is 0 Å². The minimum absolute atomic E-state index is 0.0799. The summed E-state index contributed by atoms with van der Waals surface area (Å²) in [7, 11) is 1.88. The van der Waals surface area contributed by atoms with Crippen molar-refractivity contribution >= 4 is 0 Å². The largest absolute Gasteiger partial charge is 0.367 e. The molecule has 17 heavy (non-hydrogen) atoms. The van der Waals surface area contributed by atoms with Gasteiger partial charge in [-0.15, -0.1) is 0 Å².